The molecule has 0 radical (unpaired) electrons. The van der Waals surface area contributed by atoms with Crippen molar-refractivity contribution in [1.82, 2.24) is 14.6 Å². The summed E-state index contributed by atoms with van der Waals surface area (Å²) in [6.45, 7) is 0. The third kappa shape index (κ3) is 2.36. The molecule has 108 valence electrons. The van der Waals surface area contributed by atoms with Crippen LogP contribution >= 0.6 is 22.6 Å². The predicted octanol–water partition coefficient (Wildman–Crippen LogP) is 3.64. The summed E-state index contributed by atoms with van der Waals surface area (Å²) in [5.41, 5.74) is 0.645. The van der Waals surface area contributed by atoms with E-state index >= 15 is 0 Å². The largest absolute Gasteiger partial charge is 0.492 e. The summed E-state index contributed by atoms with van der Waals surface area (Å²) in [4.78, 5) is 0. The molecule has 1 fully saturated rings. The SMILES string of the molecule is COc1c(I)ccn2c(C3CCC(F)(F)CC3)nnc12. The maximum atomic E-state index is 13.2. The molecule has 4 nitrogen and oxygen atoms in total. The molecule has 2 aromatic rings. The highest BCUT2D eigenvalue weighted by atomic mass is 127. The Morgan fingerprint density at radius 3 is 2.70 bits per heavy atom. The number of fused-ring (bicyclic) bond motifs is 1. The van der Waals surface area contributed by atoms with Crippen molar-refractivity contribution in [3.8, 4) is 5.75 Å². The maximum Gasteiger partial charge on any atom is 0.248 e. The van der Waals surface area contributed by atoms with Gasteiger partial charge in [0.15, 0.2) is 5.75 Å². The van der Waals surface area contributed by atoms with E-state index in [4.69, 9.17) is 4.74 Å². The van der Waals surface area contributed by atoms with Crippen molar-refractivity contribution in [2.75, 3.05) is 7.11 Å². The molecule has 0 amide bonds. The summed E-state index contributed by atoms with van der Waals surface area (Å²) in [5.74, 6) is -1.06. The summed E-state index contributed by atoms with van der Waals surface area (Å²) in [7, 11) is 1.59. The minimum Gasteiger partial charge on any atom is -0.492 e. The number of pyridine rings is 1. The highest BCUT2D eigenvalue weighted by Gasteiger charge is 2.37. The second-order valence-corrected chi connectivity index (χ2v) is 6.24. The number of hydrogen-bond acceptors (Lipinski definition) is 3. The van der Waals surface area contributed by atoms with E-state index in [1.54, 1.807) is 7.11 Å². The van der Waals surface area contributed by atoms with E-state index in [0.29, 0.717) is 24.2 Å². The molecule has 0 atom stereocenters. The Labute approximate surface area is 128 Å². The minimum atomic E-state index is -2.52. The Hall–Kier alpha value is -0.990. The van der Waals surface area contributed by atoms with Crippen LogP contribution in [0.25, 0.3) is 5.65 Å². The Morgan fingerprint density at radius 2 is 2.05 bits per heavy atom. The molecule has 0 bridgehead atoms. The average molecular weight is 393 g/mol. The molecule has 2 heterocycles. The van der Waals surface area contributed by atoms with Crippen molar-refractivity contribution >= 4 is 28.2 Å². The van der Waals surface area contributed by atoms with Gasteiger partial charge in [-0.25, -0.2) is 8.78 Å². The first-order valence-corrected chi connectivity index (χ1v) is 7.54. The van der Waals surface area contributed by atoms with Crippen LogP contribution < -0.4 is 4.74 Å². The minimum absolute atomic E-state index is 0.0365. The van der Waals surface area contributed by atoms with E-state index in [9.17, 15) is 8.78 Å². The Bertz CT molecular complexity index is 634. The van der Waals surface area contributed by atoms with Crippen LogP contribution in [0.1, 0.15) is 37.4 Å². The third-order valence-corrected chi connectivity index (χ3v) is 4.65. The topological polar surface area (TPSA) is 39.4 Å². The highest BCUT2D eigenvalue weighted by molar-refractivity contribution is 14.1. The zero-order valence-electron chi connectivity index (χ0n) is 10.9. The van der Waals surface area contributed by atoms with Gasteiger partial charge < -0.3 is 4.74 Å². The predicted molar refractivity (Wildman–Crippen MR) is 78.4 cm³/mol. The van der Waals surface area contributed by atoms with Gasteiger partial charge in [0.2, 0.25) is 11.6 Å². The van der Waals surface area contributed by atoms with Gasteiger partial charge in [-0.2, -0.15) is 0 Å². The van der Waals surface area contributed by atoms with Crippen molar-refractivity contribution in [3.63, 3.8) is 0 Å². The molecule has 1 aliphatic rings. The molecule has 0 N–H and O–H groups in total. The second-order valence-electron chi connectivity index (χ2n) is 5.08. The van der Waals surface area contributed by atoms with Crippen LogP contribution in [0, 0.1) is 3.57 Å². The van der Waals surface area contributed by atoms with Crippen LogP contribution in [-0.2, 0) is 0 Å². The van der Waals surface area contributed by atoms with E-state index < -0.39 is 5.92 Å². The number of alkyl halides is 2. The summed E-state index contributed by atoms with van der Waals surface area (Å²) < 4.78 is 34.6. The maximum absolute atomic E-state index is 13.2. The highest BCUT2D eigenvalue weighted by Crippen LogP contribution is 2.40. The fraction of sp³-hybridized carbons (Fsp3) is 0.538. The molecule has 0 spiro atoms. The molecule has 3 rings (SSSR count). The molecule has 7 heteroatoms. The Kier molecular flexibility index (Phi) is 3.55. The molecule has 0 unspecified atom stereocenters. The van der Waals surface area contributed by atoms with Crippen LogP contribution in [0.2, 0.25) is 0 Å². The first-order chi connectivity index (χ1) is 9.52. The first-order valence-electron chi connectivity index (χ1n) is 6.47. The lowest BCUT2D eigenvalue weighted by molar-refractivity contribution is -0.0388. The normalized spacial score (nSPS) is 19.4. The number of nitrogens with zero attached hydrogens (tertiary/aromatic N) is 3. The number of rotatable bonds is 2. The third-order valence-electron chi connectivity index (χ3n) is 3.80. The van der Waals surface area contributed by atoms with Crippen LogP contribution in [0.3, 0.4) is 0 Å². The number of hydrogen-bond donors (Lipinski definition) is 0. The molecule has 1 saturated carbocycles. The molecule has 1 aliphatic carbocycles. The van der Waals surface area contributed by atoms with Crippen LogP contribution in [0.4, 0.5) is 8.78 Å². The van der Waals surface area contributed by atoms with Gasteiger partial charge in [-0.05, 0) is 41.5 Å². The van der Waals surface area contributed by atoms with Crippen molar-refractivity contribution in [2.45, 2.75) is 37.5 Å². The van der Waals surface area contributed by atoms with Gasteiger partial charge in [-0.3, -0.25) is 4.40 Å². The Balaban J connectivity index is 1.98. The van der Waals surface area contributed by atoms with E-state index in [2.05, 4.69) is 32.8 Å². The zero-order chi connectivity index (χ0) is 14.3. The lowest BCUT2D eigenvalue weighted by Gasteiger charge is -2.27. The number of methoxy groups -OCH3 is 1. The van der Waals surface area contributed by atoms with Gasteiger partial charge in [-0.1, -0.05) is 0 Å². The van der Waals surface area contributed by atoms with E-state index in [0.717, 1.165) is 9.39 Å². The average Bonchev–Trinajstić information content (AvgIpc) is 2.82. The van der Waals surface area contributed by atoms with Gasteiger partial charge in [0.05, 0.1) is 10.7 Å². The lowest BCUT2D eigenvalue weighted by Crippen LogP contribution is -2.24. The van der Waals surface area contributed by atoms with E-state index in [1.165, 1.54) is 0 Å². The molecule has 0 aliphatic heterocycles. The van der Waals surface area contributed by atoms with Gasteiger partial charge in [0.1, 0.15) is 5.82 Å². The fourth-order valence-electron chi connectivity index (χ4n) is 2.69. The summed E-state index contributed by atoms with van der Waals surface area (Å²) in [6, 6.07) is 1.91. The van der Waals surface area contributed by atoms with Gasteiger partial charge >= 0.3 is 0 Å². The monoisotopic (exact) mass is 393 g/mol. The summed E-state index contributed by atoms with van der Waals surface area (Å²) in [6.07, 6.45) is 2.62. The van der Waals surface area contributed by atoms with Crippen LogP contribution in [0.15, 0.2) is 12.3 Å². The van der Waals surface area contributed by atoms with Crippen molar-refractivity contribution in [2.24, 2.45) is 0 Å². The number of aromatic nitrogens is 3. The van der Waals surface area contributed by atoms with Gasteiger partial charge in [0.25, 0.3) is 0 Å². The first kappa shape index (κ1) is 14.0. The standard InChI is InChI=1S/C13H14F2IN3O/c1-20-10-9(16)4-7-19-11(17-18-12(10)19)8-2-5-13(14,15)6-3-8/h4,7-8H,2-3,5-6H2,1H3. The smallest absolute Gasteiger partial charge is 0.248 e. The molecule has 0 aromatic carbocycles. The summed E-state index contributed by atoms with van der Waals surface area (Å²) in [5, 5.41) is 8.36. The Morgan fingerprint density at radius 1 is 1.35 bits per heavy atom. The van der Waals surface area contributed by atoms with Crippen molar-refractivity contribution < 1.29 is 13.5 Å². The molecular weight excluding hydrogens is 379 g/mol. The van der Waals surface area contributed by atoms with Crippen molar-refractivity contribution in [1.29, 1.82) is 0 Å². The number of halogens is 3. The molecule has 20 heavy (non-hydrogen) atoms. The van der Waals surface area contributed by atoms with Gasteiger partial charge in [0, 0.05) is 25.0 Å². The molecular formula is C13H14F2IN3O. The second kappa shape index (κ2) is 5.09. The fourth-order valence-corrected chi connectivity index (χ4v) is 3.32. The van der Waals surface area contributed by atoms with E-state index in [1.807, 2.05) is 16.7 Å². The number of ether oxygens (including phenoxy) is 1. The zero-order valence-corrected chi connectivity index (χ0v) is 13.1. The van der Waals surface area contributed by atoms with Crippen LogP contribution in [0.5, 0.6) is 5.75 Å². The van der Waals surface area contributed by atoms with Crippen LogP contribution in [-0.4, -0.2) is 27.6 Å². The molecule has 0 saturated heterocycles. The van der Waals surface area contributed by atoms with Gasteiger partial charge in [-0.15, -0.1) is 10.2 Å². The summed E-state index contributed by atoms with van der Waals surface area (Å²) >= 11 is 2.17. The van der Waals surface area contributed by atoms with E-state index in [-0.39, 0.29) is 18.8 Å². The molecule has 2 aromatic heterocycles. The van der Waals surface area contributed by atoms with Crippen molar-refractivity contribution in [3.05, 3.63) is 21.7 Å². The quantitative estimate of drug-likeness (QED) is 0.732. The lowest BCUT2D eigenvalue weighted by atomic mass is 9.86.